The average Bonchev–Trinajstić information content (AvgIpc) is 2.27. The number of hydrogen-bond acceptors (Lipinski definition) is 4. The SMILES string of the molecule is CNc1ccc([N+](=O)[O-])ccc1=O. The van der Waals surface area contributed by atoms with Crippen molar-refractivity contribution < 1.29 is 4.92 Å². The molecule has 0 aliphatic carbocycles. The van der Waals surface area contributed by atoms with E-state index in [1.54, 1.807) is 7.05 Å². The van der Waals surface area contributed by atoms with Crippen LogP contribution in [-0.4, -0.2) is 12.0 Å². The predicted octanol–water partition coefficient (Wildman–Crippen LogP) is 0.997. The topological polar surface area (TPSA) is 72.2 Å². The number of hydrogen-bond donors (Lipinski definition) is 1. The van der Waals surface area contributed by atoms with Crippen LogP contribution in [0.3, 0.4) is 0 Å². The first-order valence-corrected chi connectivity index (χ1v) is 3.61. The van der Waals surface area contributed by atoms with Crippen LogP contribution < -0.4 is 10.7 Å². The molecule has 0 heterocycles. The minimum absolute atomic E-state index is 0.0985. The van der Waals surface area contributed by atoms with Crippen LogP contribution >= 0.6 is 0 Å². The Hall–Kier alpha value is -1.91. The molecule has 0 aliphatic rings. The van der Waals surface area contributed by atoms with Crippen molar-refractivity contribution in [3.05, 3.63) is 44.6 Å². The lowest BCUT2D eigenvalue weighted by Gasteiger charge is -1.89. The maximum absolute atomic E-state index is 11.1. The largest absolute Gasteiger partial charge is 0.385 e. The van der Waals surface area contributed by atoms with E-state index < -0.39 is 4.92 Å². The normalized spacial score (nSPS) is 9.31. The number of nitro groups is 1. The summed E-state index contributed by atoms with van der Waals surface area (Å²) >= 11 is 0. The Morgan fingerprint density at radius 3 is 2.46 bits per heavy atom. The third kappa shape index (κ3) is 2.02. The maximum Gasteiger partial charge on any atom is 0.269 e. The second-order valence-electron chi connectivity index (χ2n) is 2.38. The molecule has 0 atom stereocenters. The van der Waals surface area contributed by atoms with Crippen LogP contribution in [0.1, 0.15) is 0 Å². The van der Waals surface area contributed by atoms with Crippen LogP contribution in [-0.2, 0) is 0 Å². The maximum atomic E-state index is 11.1. The van der Waals surface area contributed by atoms with Crippen LogP contribution in [0.25, 0.3) is 0 Å². The van der Waals surface area contributed by atoms with E-state index in [0.717, 1.165) is 0 Å². The summed E-state index contributed by atoms with van der Waals surface area (Å²) in [7, 11) is 1.59. The molecule has 1 rings (SSSR count). The highest BCUT2D eigenvalue weighted by Gasteiger charge is 2.02. The van der Waals surface area contributed by atoms with Gasteiger partial charge in [0.1, 0.15) is 0 Å². The van der Waals surface area contributed by atoms with Gasteiger partial charge in [0.15, 0.2) is 0 Å². The Kier molecular flexibility index (Phi) is 2.59. The summed E-state index contributed by atoms with van der Waals surface area (Å²) in [4.78, 5) is 20.9. The summed E-state index contributed by atoms with van der Waals surface area (Å²) in [5, 5.41) is 13.0. The number of rotatable bonds is 2. The molecule has 0 unspecified atom stereocenters. The fourth-order valence-corrected chi connectivity index (χ4v) is 0.885. The first kappa shape index (κ1) is 9.18. The molecule has 0 spiro atoms. The molecule has 1 aromatic carbocycles. The van der Waals surface area contributed by atoms with E-state index in [-0.39, 0.29) is 11.1 Å². The monoisotopic (exact) mass is 180 g/mol. The van der Waals surface area contributed by atoms with Crippen molar-refractivity contribution in [2.75, 3.05) is 12.4 Å². The van der Waals surface area contributed by atoms with Gasteiger partial charge in [0.25, 0.3) is 5.69 Å². The molecule has 13 heavy (non-hydrogen) atoms. The highest BCUT2D eigenvalue weighted by atomic mass is 16.6. The van der Waals surface area contributed by atoms with Gasteiger partial charge < -0.3 is 5.32 Å². The smallest absolute Gasteiger partial charge is 0.269 e. The molecule has 0 aliphatic heterocycles. The van der Waals surface area contributed by atoms with Gasteiger partial charge in [-0.2, -0.15) is 0 Å². The third-order valence-electron chi connectivity index (χ3n) is 1.57. The van der Waals surface area contributed by atoms with Crippen molar-refractivity contribution in [3.63, 3.8) is 0 Å². The van der Waals surface area contributed by atoms with Gasteiger partial charge in [-0.25, -0.2) is 0 Å². The van der Waals surface area contributed by atoms with E-state index in [9.17, 15) is 14.9 Å². The molecule has 1 aromatic rings. The molecule has 0 fully saturated rings. The molecule has 1 N–H and O–H groups in total. The molecule has 68 valence electrons. The number of nitrogens with one attached hydrogen (secondary N) is 1. The molecule has 0 saturated heterocycles. The van der Waals surface area contributed by atoms with Gasteiger partial charge in [0.2, 0.25) is 5.43 Å². The van der Waals surface area contributed by atoms with Gasteiger partial charge >= 0.3 is 0 Å². The standard InChI is InChI=1S/C8H8N2O3/c1-9-7-4-2-6(10(12)13)3-5-8(7)11/h2-5H,1H3,(H,9,11). The summed E-state index contributed by atoms with van der Waals surface area (Å²) < 4.78 is 0. The van der Waals surface area contributed by atoms with Gasteiger partial charge in [-0.1, -0.05) is 0 Å². The molecular formula is C8H8N2O3. The Bertz CT molecular complexity index is 389. The molecule has 5 nitrogen and oxygen atoms in total. The Morgan fingerprint density at radius 2 is 1.92 bits per heavy atom. The Balaban J connectivity index is 3.32. The number of anilines is 1. The lowest BCUT2D eigenvalue weighted by molar-refractivity contribution is -0.384. The van der Waals surface area contributed by atoms with Crippen LogP contribution in [0.15, 0.2) is 29.1 Å². The quantitative estimate of drug-likeness (QED) is 0.544. The summed E-state index contributed by atoms with van der Waals surface area (Å²) in [6, 6.07) is 5.03. The van der Waals surface area contributed by atoms with Crippen molar-refractivity contribution in [1.82, 2.24) is 0 Å². The Morgan fingerprint density at radius 1 is 1.31 bits per heavy atom. The molecular weight excluding hydrogens is 172 g/mol. The molecule has 0 aromatic heterocycles. The van der Waals surface area contributed by atoms with Crippen molar-refractivity contribution >= 4 is 11.4 Å². The highest BCUT2D eigenvalue weighted by molar-refractivity contribution is 5.45. The summed E-state index contributed by atoms with van der Waals surface area (Å²) in [5.74, 6) is 0. The summed E-state index contributed by atoms with van der Waals surface area (Å²) in [6.45, 7) is 0. The van der Waals surface area contributed by atoms with Crippen molar-refractivity contribution in [1.29, 1.82) is 0 Å². The second kappa shape index (κ2) is 3.66. The van der Waals surface area contributed by atoms with Gasteiger partial charge in [-0.3, -0.25) is 14.9 Å². The van der Waals surface area contributed by atoms with Crippen LogP contribution in [0, 0.1) is 10.1 Å². The minimum atomic E-state index is -0.543. The predicted molar refractivity (Wildman–Crippen MR) is 48.9 cm³/mol. The Labute approximate surface area is 74.2 Å². The lowest BCUT2D eigenvalue weighted by Crippen LogP contribution is -2.02. The summed E-state index contributed by atoms with van der Waals surface area (Å²) in [5.41, 5.74) is -0.0256. The molecule has 0 saturated carbocycles. The van der Waals surface area contributed by atoms with Gasteiger partial charge in [0.05, 0.1) is 10.6 Å². The van der Waals surface area contributed by atoms with E-state index in [4.69, 9.17) is 0 Å². The van der Waals surface area contributed by atoms with Crippen molar-refractivity contribution in [2.45, 2.75) is 0 Å². The fourth-order valence-electron chi connectivity index (χ4n) is 0.885. The van der Waals surface area contributed by atoms with Crippen LogP contribution in [0.4, 0.5) is 11.4 Å². The van der Waals surface area contributed by atoms with E-state index in [1.165, 1.54) is 24.3 Å². The molecule has 0 amide bonds. The molecule has 0 radical (unpaired) electrons. The first-order valence-electron chi connectivity index (χ1n) is 3.61. The van der Waals surface area contributed by atoms with Crippen LogP contribution in [0.2, 0.25) is 0 Å². The van der Waals surface area contributed by atoms with Crippen molar-refractivity contribution in [3.8, 4) is 0 Å². The first-order chi connectivity index (χ1) is 6.15. The fraction of sp³-hybridized carbons (Fsp3) is 0.125. The second-order valence-corrected chi connectivity index (χ2v) is 2.38. The van der Waals surface area contributed by atoms with Gasteiger partial charge in [-0.15, -0.1) is 0 Å². The van der Waals surface area contributed by atoms with E-state index >= 15 is 0 Å². The van der Waals surface area contributed by atoms with Crippen molar-refractivity contribution in [2.24, 2.45) is 0 Å². The van der Waals surface area contributed by atoms with E-state index in [1.807, 2.05) is 0 Å². The lowest BCUT2D eigenvalue weighted by atomic mass is 10.4. The zero-order chi connectivity index (χ0) is 9.84. The van der Waals surface area contributed by atoms with Crippen LogP contribution in [0.5, 0.6) is 0 Å². The number of nitrogens with zero attached hydrogens (tertiary/aromatic N) is 1. The summed E-state index contributed by atoms with van der Waals surface area (Å²) in [6.07, 6.45) is 0. The van der Waals surface area contributed by atoms with Gasteiger partial charge in [-0.05, 0) is 12.1 Å². The zero-order valence-electron chi connectivity index (χ0n) is 6.98. The van der Waals surface area contributed by atoms with E-state index in [0.29, 0.717) is 5.69 Å². The molecule has 5 heteroatoms. The van der Waals surface area contributed by atoms with Gasteiger partial charge in [0, 0.05) is 19.2 Å². The third-order valence-corrected chi connectivity index (χ3v) is 1.57. The highest BCUT2D eigenvalue weighted by Crippen LogP contribution is 2.08. The minimum Gasteiger partial charge on any atom is -0.385 e. The molecule has 0 bridgehead atoms. The average molecular weight is 180 g/mol. The zero-order valence-corrected chi connectivity index (χ0v) is 6.98. The van der Waals surface area contributed by atoms with E-state index in [2.05, 4.69) is 5.32 Å².